The SMILES string of the molecule is CNc1cc(Oc2cc(C)c(Br)c(C)c2)ccn1. The molecule has 4 heteroatoms. The van der Waals surface area contributed by atoms with Crippen LogP contribution in [0.3, 0.4) is 0 Å². The highest BCUT2D eigenvalue weighted by atomic mass is 79.9. The molecule has 0 saturated carbocycles. The summed E-state index contributed by atoms with van der Waals surface area (Å²) in [7, 11) is 1.83. The van der Waals surface area contributed by atoms with Gasteiger partial charge in [-0.25, -0.2) is 4.98 Å². The van der Waals surface area contributed by atoms with E-state index in [9.17, 15) is 0 Å². The van der Waals surface area contributed by atoms with Crippen LogP contribution in [0, 0.1) is 13.8 Å². The first-order chi connectivity index (χ1) is 8.60. The van der Waals surface area contributed by atoms with Gasteiger partial charge in [-0.15, -0.1) is 0 Å². The third-order valence-electron chi connectivity index (χ3n) is 2.63. The lowest BCUT2D eigenvalue weighted by Gasteiger charge is -2.10. The van der Waals surface area contributed by atoms with Crippen LogP contribution in [0.15, 0.2) is 34.9 Å². The molecule has 0 spiro atoms. The molecule has 0 atom stereocenters. The van der Waals surface area contributed by atoms with Crippen molar-refractivity contribution in [2.75, 3.05) is 12.4 Å². The fourth-order valence-corrected chi connectivity index (χ4v) is 1.94. The third-order valence-corrected chi connectivity index (χ3v) is 3.88. The van der Waals surface area contributed by atoms with Gasteiger partial charge in [0.15, 0.2) is 0 Å². The summed E-state index contributed by atoms with van der Waals surface area (Å²) in [6, 6.07) is 7.73. The van der Waals surface area contributed by atoms with Gasteiger partial charge < -0.3 is 10.1 Å². The molecule has 2 rings (SSSR count). The van der Waals surface area contributed by atoms with Crippen LogP contribution < -0.4 is 10.1 Å². The molecule has 0 aliphatic carbocycles. The summed E-state index contributed by atoms with van der Waals surface area (Å²) in [4.78, 5) is 4.15. The van der Waals surface area contributed by atoms with Crippen molar-refractivity contribution in [1.82, 2.24) is 4.98 Å². The minimum Gasteiger partial charge on any atom is -0.457 e. The Morgan fingerprint density at radius 3 is 2.39 bits per heavy atom. The van der Waals surface area contributed by atoms with E-state index in [4.69, 9.17) is 4.74 Å². The Balaban J connectivity index is 2.28. The van der Waals surface area contributed by atoms with Crippen LogP contribution in [0.1, 0.15) is 11.1 Å². The first-order valence-electron chi connectivity index (χ1n) is 5.68. The van der Waals surface area contributed by atoms with Gasteiger partial charge in [0.2, 0.25) is 0 Å². The molecule has 0 bridgehead atoms. The van der Waals surface area contributed by atoms with Gasteiger partial charge >= 0.3 is 0 Å². The number of benzene rings is 1. The zero-order valence-corrected chi connectivity index (χ0v) is 12.2. The van der Waals surface area contributed by atoms with E-state index in [2.05, 4.69) is 40.1 Å². The molecule has 18 heavy (non-hydrogen) atoms. The lowest BCUT2D eigenvalue weighted by Crippen LogP contribution is -1.93. The van der Waals surface area contributed by atoms with Gasteiger partial charge in [-0.3, -0.25) is 0 Å². The maximum atomic E-state index is 5.84. The van der Waals surface area contributed by atoms with Crippen LogP contribution in [0.5, 0.6) is 11.5 Å². The predicted molar refractivity (Wildman–Crippen MR) is 77.5 cm³/mol. The Bertz CT molecular complexity index is 546. The number of hydrogen-bond donors (Lipinski definition) is 1. The van der Waals surface area contributed by atoms with Crippen molar-refractivity contribution < 1.29 is 4.74 Å². The molecule has 0 radical (unpaired) electrons. The summed E-state index contributed by atoms with van der Waals surface area (Å²) >= 11 is 3.55. The van der Waals surface area contributed by atoms with Crippen molar-refractivity contribution in [1.29, 1.82) is 0 Å². The fourth-order valence-electron chi connectivity index (χ4n) is 1.71. The van der Waals surface area contributed by atoms with Crippen LogP contribution in [-0.4, -0.2) is 12.0 Å². The molecule has 0 aliphatic heterocycles. The first-order valence-corrected chi connectivity index (χ1v) is 6.48. The average Bonchev–Trinajstić information content (AvgIpc) is 2.36. The van der Waals surface area contributed by atoms with Gasteiger partial charge in [-0.05, 0) is 43.2 Å². The number of aryl methyl sites for hydroxylation is 2. The lowest BCUT2D eigenvalue weighted by molar-refractivity contribution is 0.481. The van der Waals surface area contributed by atoms with E-state index in [1.165, 1.54) is 0 Å². The van der Waals surface area contributed by atoms with Crippen molar-refractivity contribution in [2.24, 2.45) is 0 Å². The summed E-state index contributed by atoms with van der Waals surface area (Å²) in [6.07, 6.45) is 1.72. The van der Waals surface area contributed by atoms with Gasteiger partial charge in [-0.1, -0.05) is 15.9 Å². The predicted octanol–water partition coefficient (Wildman–Crippen LogP) is 4.29. The maximum Gasteiger partial charge on any atom is 0.132 e. The highest BCUT2D eigenvalue weighted by molar-refractivity contribution is 9.10. The van der Waals surface area contributed by atoms with Crippen molar-refractivity contribution in [3.63, 3.8) is 0 Å². The molecule has 2 aromatic rings. The van der Waals surface area contributed by atoms with Crippen LogP contribution >= 0.6 is 15.9 Å². The molecule has 94 valence electrons. The largest absolute Gasteiger partial charge is 0.457 e. The molecule has 0 saturated heterocycles. The molecular weight excluding hydrogens is 292 g/mol. The summed E-state index contributed by atoms with van der Waals surface area (Å²) in [5, 5.41) is 2.99. The quantitative estimate of drug-likeness (QED) is 0.918. The van der Waals surface area contributed by atoms with Crippen molar-refractivity contribution in [3.05, 3.63) is 46.1 Å². The molecule has 0 unspecified atom stereocenters. The van der Waals surface area contributed by atoms with Gasteiger partial charge in [0.1, 0.15) is 17.3 Å². The Morgan fingerprint density at radius 1 is 1.11 bits per heavy atom. The number of ether oxygens (including phenoxy) is 1. The molecule has 0 amide bonds. The summed E-state index contributed by atoms with van der Waals surface area (Å²) in [5.74, 6) is 2.40. The summed E-state index contributed by atoms with van der Waals surface area (Å²) < 4.78 is 6.96. The summed E-state index contributed by atoms with van der Waals surface area (Å²) in [5.41, 5.74) is 2.32. The number of halogens is 1. The minimum absolute atomic E-state index is 0.774. The highest BCUT2D eigenvalue weighted by Gasteiger charge is 2.04. The van der Waals surface area contributed by atoms with E-state index in [1.807, 2.05) is 31.3 Å². The first kappa shape index (κ1) is 12.9. The minimum atomic E-state index is 0.774. The van der Waals surface area contributed by atoms with E-state index in [0.717, 1.165) is 32.9 Å². The standard InChI is InChI=1S/C14H15BrN2O/c1-9-6-12(7-10(2)14(9)15)18-11-4-5-17-13(8-11)16-3/h4-8H,1-3H3,(H,16,17). The van der Waals surface area contributed by atoms with Crippen LogP contribution in [0.4, 0.5) is 5.82 Å². The number of aromatic nitrogens is 1. The van der Waals surface area contributed by atoms with Gasteiger partial charge in [0.25, 0.3) is 0 Å². The van der Waals surface area contributed by atoms with Gasteiger partial charge in [-0.2, -0.15) is 0 Å². The van der Waals surface area contributed by atoms with Crippen molar-refractivity contribution in [2.45, 2.75) is 13.8 Å². The zero-order chi connectivity index (χ0) is 13.1. The lowest BCUT2D eigenvalue weighted by atomic mass is 10.1. The highest BCUT2D eigenvalue weighted by Crippen LogP contribution is 2.29. The summed E-state index contributed by atoms with van der Waals surface area (Å²) in [6.45, 7) is 4.10. The number of anilines is 1. The molecular formula is C14H15BrN2O. The Hall–Kier alpha value is -1.55. The second-order valence-corrected chi connectivity index (χ2v) is 4.89. The molecule has 1 aromatic carbocycles. The Morgan fingerprint density at radius 2 is 1.78 bits per heavy atom. The van der Waals surface area contributed by atoms with E-state index in [-0.39, 0.29) is 0 Å². The number of pyridine rings is 1. The van der Waals surface area contributed by atoms with E-state index >= 15 is 0 Å². The molecule has 1 aromatic heterocycles. The molecule has 1 N–H and O–H groups in total. The fraction of sp³-hybridized carbons (Fsp3) is 0.214. The van der Waals surface area contributed by atoms with Crippen molar-refractivity contribution in [3.8, 4) is 11.5 Å². The maximum absolute atomic E-state index is 5.84. The number of hydrogen-bond acceptors (Lipinski definition) is 3. The average molecular weight is 307 g/mol. The second-order valence-electron chi connectivity index (χ2n) is 4.10. The van der Waals surface area contributed by atoms with Crippen LogP contribution in [0.25, 0.3) is 0 Å². The Labute approximate surface area is 115 Å². The molecule has 0 fully saturated rings. The normalized spacial score (nSPS) is 10.2. The van der Waals surface area contributed by atoms with E-state index in [0.29, 0.717) is 0 Å². The number of nitrogens with one attached hydrogen (secondary N) is 1. The monoisotopic (exact) mass is 306 g/mol. The van der Waals surface area contributed by atoms with Gasteiger partial charge in [0.05, 0.1) is 0 Å². The topological polar surface area (TPSA) is 34.1 Å². The van der Waals surface area contributed by atoms with E-state index < -0.39 is 0 Å². The number of rotatable bonds is 3. The second kappa shape index (κ2) is 5.40. The zero-order valence-electron chi connectivity index (χ0n) is 10.6. The van der Waals surface area contributed by atoms with Crippen LogP contribution in [-0.2, 0) is 0 Å². The Kier molecular flexibility index (Phi) is 3.87. The molecule has 0 aliphatic rings. The number of nitrogens with zero attached hydrogens (tertiary/aromatic N) is 1. The smallest absolute Gasteiger partial charge is 0.132 e. The van der Waals surface area contributed by atoms with Crippen LogP contribution in [0.2, 0.25) is 0 Å². The van der Waals surface area contributed by atoms with E-state index in [1.54, 1.807) is 6.20 Å². The molecule has 3 nitrogen and oxygen atoms in total. The van der Waals surface area contributed by atoms with Gasteiger partial charge in [0, 0.05) is 23.8 Å². The molecule has 1 heterocycles. The third kappa shape index (κ3) is 2.82. The van der Waals surface area contributed by atoms with Crippen molar-refractivity contribution >= 4 is 21.7 Å².